The Hall–Kier alpha value is -2.13. The average molecular weight is 441 g/mol. The number of alkyl halides is 5. The summed E-state index contributed by atoms with van der Waals surface area (Å²) in [6.07, 6.45) is -4.58. The second kappa shape index (κ2) is 7.36. The topological polar surface area (TPSA) is 42.4 Å². The van der Waals surface area contributed by atoms with Crippen LogP contribution in [0.4, 0.5) is 22.0 Å². The molecule has 150 valence electrons. The van der Waals surface area contributed by atoms with Gasteiger partial charge in [-0.3, -0.25) is 4.79 Å². The number of hydrogen-bond donors (Lipinski definition) is 0. The van der Waals surface area contributed by atoms with Gasteiger partial charge in [0, 0.05) is 16.7 Å². The largest absolute Gasteiger partial charge is 0.468 e. The highest BCUT2D eigenvalue weighted by Crippen LogP contribution is 2.34. The number of rotatable bonds is 4. The molecule has 4 nitrogen and oxygen atoms in total. The lowest BCUT2D eigenvalue weighted by molar-refractivity contribution is -0.154. The zero-order valence-electron chi connectivity index (χ0n) is 13.9. The second-order valence-electron chi connectivity index (χ2n) is 6.13. The van der Waals surface area contributed by atoms with Gasteiger partial charge in [0.05, 0.1) is 13.1 Å². The molecule has 0 unspecified atom stereocenters. The van der Waals surface area contributed by atoms with Gasteiger partial charge >= 0.3 is 6.18 Å². The minimum Gasteiger partial charge on any atom is -0.468 e. The number of pyridine rings is 1. The molecule has 11 heteroatoms. The maximum absolute atomic E-state index is 13.1. The Kier molecular flexibility index (Phi) is 5.42. The molecule has 0 saturated carbocycles. The number of carbonyl (C=O) groups is 1. The van der Waals surface area contributed by atoms with Gasteiger partial charge in [-0.15, -0.1) is 0 Å². The molecule has 1 aromatic heterocycles. The molecule has 1 aliphatic rings. The van der Waals surface area contributed by atoms with Crippen LogP contribution < -0.4 is 4.74 Å². The van der Waals surface area contributed by atoms with Gasteiger partial charge in [0.1, 0.15) is 5.15 Å². The summed E-state index contributed by atoms with van der Waals surface area (Å²) in [6, 6.07) is 6.66. The summed E-state index contributed by atoms with van der Waals surface area (Å²) in [5.41, 5.74) is 0.474. The minimum absolute atomic E-state index is 0.00652. The summed E-state index contributed by atoms with van der Waals surface area (Å²) in [7, 11) is 0. The quantitative estimate of drug-likeness (QED) is 0.491. The Bertz CT molecular complexity index is 913. The van der Waals surface area contributed by atoms with Gasteiger partial charge in [0.2, 0.25) is 5.88 Å². The van der Waals surface area contributed by atoms with Crippen molar-refractivity contribution < 1.29 is 31.5 Å². The van der Waals surface area contributed by atoms with E-state index in [0.717, 1.165) is 4.90 Å². The summed E-state index contributed by atoms with van der Waals surface area (Å²) >= 11 is 11.8. The summed E-state index contributed by atoms with van der Waals surface area (Å²) < 4.78 is 67.9. The molecule has 28 heavy (non-hydrogen) atoms. The van der Waals surface area contributed by atoms with Crippen molar-refractivity contribution in [3.8, 4) is 17.0 Å². The molecule has 3 rings (SSSR count). The zero-order valence-corrected chi connectivity index (χ0v) is 15.4. The van der Waals surface area contributed by atoms with Crippen molar-refractivity contribution in [3.63, 3.8) is 0 Å². The third kappa shape index (κ3) is 4.82. The number of ether oxygens (including phenoxy) is 1. The van der Waals surface area contributed by atoms with E-state index >= 15 is 0 Å². The van der Waals surface area contributed by atoms with Crippen LogP contribution in [0.15, 0.2) is 30.3 Å². The summed E-state index contributed by atoms with van der Waals surface area (Å²) in [6.45, 7) is -3.03. The first kappa shape index (κ1) is 20.6. The molecule has 0 spiro atoms. The maximum Gasteiger partial charge on any atom is 0.422 e. The van der Waals surface area contributed by atoms with Crippen LogP contribution in [0.1, 0.15) is 10.4 Å². The van der Waals surface area contributed by atoms with Crippen molar-refractivity contribution in [3.05, 3.63) is 46.1 Å². The van der Waals surface area contributed by atoms with Crippen LogP contribution in [0.3, 0.4) is 0 Å². The number of nitrogens with zero attached hydrogens (tertiary/aromatic N) is 2. The third-order valence-electron chi connectivity index (χ3n) is 3.81. The number of benzene rings is 1. The third-order valence-corrected chi connectivity index (χ3v) is 4.24. The number of aromatic nitrogens is 1. The van der Waals surface area contributed by atoms with Gasteiger partial charge in [0.25, 0.3) is 11.8 Å². The smallest absolute Gasteiger partial charge is 0.422 e. The van der Waals surface area contributed by atoms with E-state index in [4.69, 9.17) is 23.2 Å². The molecule has 0 atom stereocenters. The van der Waals surface area contributed by atoms with Crippen molar-refractivity contribution in [1.82, 2.24) is 9.88 Å². The lowest BCUT2D eigenvalue weighted by atomic mass is 9.98. The molecule has 1 amide bonds. The Balaban J connectivity index is 1.95. The molecule has 0 aliphatic carbocycles. The van der Waals surface area contributed by atoms with E-state index < -0.39 is 43.6 Å². The highest BCUT2D eigenvalue weighted by molar-refractivity contribution is 6.31. The van der Waals surface area contributed by atoms with Crippen LogP contribution >= 0.6 is 23.2 Å². The predicted molar refractivity (Wildman–Crippen MR) is 92.1 cm³/mol. The lowest BCUT2D eigenvalue weighted by Gasteiger charge is -2.39. The monoisotopic (exact) mass is 440 g/mol. The van der Waals surface area contributed by atoms with E-state index in [-0.39, 0.29) is 26.9 Å². The highest BCUT2D eigenvalue weighted by Gasteiger charge is 2.46. The van der Waals surface area contributed by atoms with Crippen LogP contribution in [0.2, 0.25) is 10.2 Å². The molecule has 1 fully saturated rings. The number of halogens is 7. The van der Waals surface area contributed by atoms with Crippen molar-refractivity contribution in [1.29, 1.82) is 0 Å². The summed E-state index contributed by atoms with van der Waals surface area (Å²) in [5, 5.41) is 0.0200. The zero-order chi connectivity index (χ0) is 20.7. The van der Waals surface area contributed by atoms with Crippen molar-refractivity contribution in [2.24, 2.45) is 0 Å². The Morgan fingerprint density at radius 1 is 1.18 bits per heavy atom. The van der Waals surface area contributed by atoms with Crippen molar-refractivity contribution in [2.45, 2.75) is 12.1 Å². The van der Waals surface area contributed by atoms with Crippen molar-refractivity contribution >= 4 is 29.1 Å². The predicted octanol–water partition coefficient (Wildman–Crippen LogP) is 5.09. The van der Waals surface area contributed by atoms with E-state index in [0.29, 0.717) is 0 Å². The molecule has 0 radical (unpaired) electrons. The molecular weight excluding hydrogens is 430 g/mol. The highest BCUT2D eigenvalue weighted by atomic mass is 35.5. The fourth-order valence-electron chi connectivity index (χ4n) is 2.63. The van der Waals surface area contributed by atoms with Gasteiger partial charge in [0.15, 0.2) is 6.61 Å². The van der Waals surface area contributed by atoms with Gasteiger partial charge in [-0.1, -0.05) is 29.3 Å². The lowest BCUT2D eigenvalue weighted by Crippen LogP contribution is -2.58. The molecular formula is C17H11Cl2F5N2O2. The Morgan fingerprint density at radius 3 is 2.46 bits per heavy atom. The van der Waals surface area contributed by atoms with Gasteiger partial charge in [-0.25, -0.2) is 13.8 Å². The fraction of sp³-hybridized carbons (Fsp3) is 0.294. The van der Waals surface area contributed by atoms with Crippen LogP contribution in [-0.2, 0) is 0 Å². The normalized spacial score (nSPS) is 15.9. The van der Waals surface area contributed by atoms with Crippen LogP contribution in [0, 0.1) is 0 Å². The van der Waals surface area contributed by atoms with Crippen LogP contribution in [0.25, 0.3) is 11.1 Å². The van der Waals surface area contributed by atoms with Crippen molar-refractivity contribution in [2.75, 3.05) is 19.7 Å². The molecule has 1 saturated heterocycles. The minimum atomic E-state index is -4.58. The maximum atomic E-state index is 13.1. The average Bonchev–Trinajstić information content (AvgIpc) is 2.56. The Labute approximate surface area is 165 Å². The van der Waals surface area contributed by atoms with E-state index in [1.165, 1.54) is 30.3 Å². The van der Waals surface area contributed by atoms with E-state index in [9.17, 15) is 26.7 Å². The van der Waals surface area contributed by atoms with Crippen LogP contribution in [0.5, 0.6) is 5.88 Å². The SMILES string of the molecule is O=C(c1cc(Cl)ccc1-c1cc(Cl)nc(OCC(F)(F)F)c1)N1CC(F)(F)C1. The molecule has 2 aromatic rings. The number of carbonyl (C=O) groups excluding carboxylic acids is 1. The number of likely N-dealkylation sites (tertiary alicyclic amines) is 1. The summed E-state index contributed by atoms with van der Waals surface area (Å²) in [4.78, 5) is 17.2. The van der Waals surface area contributed by atoms with Gasteiger partial charge in [-0.05, 0) is 29.3 Å². The Morgan fingerprint density at radius 2 is 1.86 bits per heavy atom. The molecule has 1 aliphatic heterocycles. The molecule has 2 heterocycles. The second-order valence-corrected chi connectivity index (χ2v) is 6.95. The van der Waals surface area contributed by atoms with Crippen LogP contribution in [-0.4, -0.2) is 47.6 Å². The van der Waals surface area contributed by atoms with Gasteiger partial charge < -0.3 is 9.64 Å². The van der Waals surface area contributed by atoms with E-state index in [1.807, 2.05) is 0 Å². The van der Waals surface area contributed by atoms with E-state index in [1.54, 1.807) is 0 Å². The standard InChI is InChI=1S/C17H11Cl2F5N2O2/c18-10-1-2-11(12(5-10)15(27)26-6-16(20,21)7-26)9-3-13(19)25-14(4-9)28-8-17(22,23)24/h1-5H,6-8H2. The number of hydrogen-bond acceptors (Lipinski definition) is 3. The summed E-state index contributed by atoms with van der Waals surface area (Å²) in [5.74, 6) is -4.04. The van der Waals surface area contributed by atoms with Gasteiger partial charge in [-0.2, -0.15) is 13.2 Å². The first-order valence-electron chi connectivity index (χ1n) is 7.78. The molecule has 0 N–H and O–H groups in total. The first-order chi connectivity index (χ1) is 12.9. The molecule has 0 bridgehead atoms. The van der Waals surface area contributed by atoms with E-state index in [2.05, 4.69) is 9.72 Å². The number of amides is 1. The fourth-order valence-corrected chi connectivity index (χ4v) is 3.00. The molecule has 1 aromatic carbocycles. The first-order valence-corrected chi connectivity index (χ1v) is 8.53.